The van der Waals surface area contributed by atoms with Crippen molar-refractivity contribution in [1.82, 2.24) is 0 Å². The zero-order chi connectivity index (χ0) is 20.6. The van der Waals surface area contributed by atoms with Crippen LogP contribution >= 0.6 is 0 Å². The zero-order valence-electron chi connectivity index (χ0n) is 14.8. The first-order valence-corrected chi connectivity index (χ1v) is 8.50. The first-order valence-electron chi connectivity index (χ1n) is 8.50. The second kappa shape index (κ2) is 5.38. The summed E-state index contributed by atoms with van der Waals surface area (Å²) < 4.78 is 45.7. The number of nitrogens with zero attached hydrogens (tertiary/aromatic N) is 3. The van der Waals surface area contributed by atoms with Gasteiger partial charge in [0.05, 0.1) is 40.3 Å². The molecule has 1 aromatic rings. The molecule has 3 saturated heterocycles. The monoisotopic (exact) mass is 393 g/mol. The number of nitroso groups, excluding NO2 is 1. The molecule has 1 unspecified atom stereocenters. The number of carbonyl (C=O) groups excluding carboxylic acids is 2. The normalized spacial score (nSPS) is 36.6. The van der Waals surface area contributed by atoms with Crippen LogP contribution in [0.3, 0.4) is 0 Å². The summed E-state index contributed by atoms with van der Waals surface area (Å²) in [7, 11) is 0. The number of hydrogen-bond acceptors (Lipinski definition) is 6. The van der Waals surface area contributed by atoms with Gasteiger partial charge in [-0.05, 0) is 32.0 Å². The first kappa shape index (κ1) is 18.6. The third kappa shape index (κ3) is 2.13. The number of alkyl halides is 3. The number of imide groups is 1. The number of carbonyl (C=O) groups is 2. The van der Waals surface area contributed by atoms with Crippen LogP contribution in [-0.4, -0.2) is 29.1 Å². The van der Waals surface area contributed by atoms with Gasteiger partial charge in [0.15, 0.2) is 0 Å². The van der Waals surface area contributed by atoms with Gasteiger partial charge >= 0.3 is 6.18 Å². The van der Waals surface area contributed by atoms with Crippen molar-refractivity contribution in [2.75, 3.05) is 4.90 Å². The first-order chi connectivity index (χ1) is 13.0. The van der Waals surface area contributed by atoms with Crippen LogP contribution in [0.4, 0.5) is 18.9 Å². The highest BCUT2D eigenvalue weighted by atomic mass is 19.4. The van der Waals surface area contributed by atoms with E-state index in [-0.39, 0.29) is 12.1 Å². The van der Waals surface area contributed by atoms with E-state index in [0.717, 1.165) is 12.1 Å². The van der Waals surface area contributed by atoms with Crippen molar-refractivity contribution in [3.8, 4) is 6.07 Å². The van der Waals surface area contributed by atoms with Crippen LogP contribution in [0.25, 0.3) is 0 Å². The van der Waals surface area contributed by atoms with E-state index in [4.69, 9.17) is 10.00 Å². The van der Waals surface area contributed by atoms with Gasteiger partial charge in [-0.25, -0.2) is 4.90 Å². The van der Waals surface area contributed by atoms with Gasteiger partial charge in [-0.1, -0.05) is 5.18 Å². The quantitative estimate of drug-likeness (QED) is 0.568. The standard InChI is InChI=1S/C18H14F3N3O4/c1-16-6-11(23-27)17(2,28-16)13-12(16)14(25)24(15(13)26)9-4-3-8(7-22)10(5-9)18(19,20)21/h3-5,11-13H,6H2,1-2H3/t11-,12+,13-,16?,17+/m0/s1. The Hall–Kier alpha value is -2.80. The van der Waals surface area contributed by atoms with Crippen LogP contribution < -0.4 is 4.90 Å². The van der Waals surface area contributed by atoms with E-state index in [1.165, 1.54) is 13.0 Å². The molecule has 146 valence electrons. The number of amides is 2. The molecule has 0 N–H and O–H groups in total. The summed E-state index contributed by atoms with van der Waals surface area (Å²) in [6, 6.07) is 3.31. The molecule has 3 fully saturated rings. The van der Waals surface area contributed by atoms with E-state index in [9.17, 15) is 27.7 Å². The van der Waals surface area contributed by atoms with Gasteiger partial charge in [0.25, 0.3) is 0 Å². The predicted molar refractivity (Wildman–Crippen MR) is 87.7 cm³/mol. The van der Waals surface area contributed by atoms with Gasteiger partial charge in [0.1, 0.15) is 11.6 Å². The molecule has 3 aliphatic rings. The lowest BCUT2D eigenvalue weighted by Crippen LogP contribution is -2.48. The summed E-state index contributed by atoms with van der Waals surface area (Å²) in [6.07, 6.45) is -4.67. The Kier molecular flexibility index (Phi) is 3.57. The molecule has 0 spiro atoms. The Balaban J connectivity index is 1.81. The molecule has 7 nitrogen and oxygen atoms in total. The highest BCUT2D eigenvalue weighted by molar-refractivity contribution is 6.23. The Morgan fingerprint density at radius 3 is 2.46 bits per heavy atom. The van der Waals surface area contributed by atoms with Crippen LogP contribution in [0.1, 0.15) is 31.4 Å². The van der Waals surface area contributed by atoms with Crippen molar-refractivity contribution in [2.45, 2.75) is 43.7 Å². The molecule has 2 amide bonds. The molecule has 0 radical (unpaired) electrons. The summed E-state index contributed by atoms with van der Waals surface area (Å²) >= 11 is 0. The van der Waals surface area contributed by atoms with Crippen LogP contribution in [0.5, 0.6) is 0 Å². The summed E-state index contributed by atoms with van der Waals surface area (Å²) in [5.41, 5.74) is -4.49. The van der Waals surface area contributed by atoms with Gasteiger partial charge < -0.3 is 4.74 Å². The highest BCUT2D eigenvalue weighted by Crippen LogP contribution is 2.61. The molecule has 10 heteroatoms. The van der Waals surface area contributed by atoms with E-state index in [0.29, 0.717) is 11.0 Å². The molecule has 0 saturated carbocycles. The third-order valence-electron chi connectivity index (χ3n) is 6.11. The zero-order valence-corrected chi connectivity index (χ0v) is 14.8. The number of nitriles is 1. The van der Waals surface area contributed by atoms with E-state index in [2.05, 4.69) is 5.18 Å². The Morgan fingerprint density at radius 1 is 1.25 bits per heavy atom. The summed E-state index contributed by atoms with van der Waals surface area (Å²) in [4.78, 5) is 38.0. The summed E-state index contributed by atoms with van der Waals surface area (Å²) in [5.74, 6) is -3.32. The van der Waals surface area contributed by atoms with Gasteiger partial charge in [0.2, 0.25) is 11.8 Å². The Labute approximate surface area is 157 Å². The lowest BCUT2D eigenvalue weighted by Gasteiger charge is -2.30. The predicted octanol–water partition coefficient (Wildman–Crippen LogP) is 2.77. The van der Waals surface area contributed by atoms with Gasteiger partial charge in [0, 0.05) is 6.42 Å². The molecule has 1 aromatic carbocycles. The van der Waals surface area contributed by atoms with E-state index in [1.54, 1.807) is 6.92 Å². The second-order valence-electron chi connectivity index (χ2n) is 7.73. The summed E-state index contributed by atoms with van der Waals surface area (Å²) in [5, 5.41) is 12.0. The second-order valence-corrected chi connectivity index (χ2v) is 7.73. The smallest absolute Gasteiger partial charge is 0.365 e. The third-order valence-corrected chi connectivity index (χ3v) is 6.11. The minimum Gasteiger partial charge on any atom is -0.365 e. The van der Waals surface area contributed by atoms with Crippen LogP contribution in [-0.2, 0) is 20.5 Å². The molecule has 4 rings (SSSR count). The molecule has 5 atom stereocenters. The fourth-order valence-corrected chi connectivity index (χ4v) is 4.92. The number of anilines is 1. The van der Waals surface area contributed by atoms with Crippen molar-refractivity contribution in [2.24, 2.45) is 17.0 Å². The fraction of sp³-hybridized carbons (Fsp3) is 0.500. The molecule has 0 aliphatic carbocycles. The molecule has 3 heterocycles. The van der Waals surface area contributed by atoms with Crippen LogP contribution in [0.2, 0.25) is 0 Å². The minimum atomic E-state index is -4.82. The largest absolute Gasteiger partial charge is 0.417 e. The number of rotatable bonds is 2. The molecular formula is C18H14F3N3O4. The van der Waals surface area contributed by atoms with Crippen LogP contribution in [0.15, 0.2) is 23.4 Å². The van der Waals surface area contributed by atoms with Crippen molar-refractivity contribution in [3.05, 3.63) is 34.2 Å². The SMILES string of the molecule is CC12C[C@H](N=O)[C@@](C)(O1)[C@@H]1C(=O)N(c3ccc(C#N)c(C(F)(F)F)c3)C(=O)[C@@H]12. The molecule has 28 heavy (non-hydrogen) atoms. The van der Waals surface area contributed by atoms with Crippen molar-refractivity contribution < 1.29 is 27.5 Å². The van der Waals surface area contributed by atoms with Gasteiger partial charge in [-0.15, -0.1) is 0 Å². The highest BCUT2D eigenvalue weighted by Gasteiger charge is 2.76. The number of halogens is 3. The average molecular weight is 393 g/mol. The van der Waals surface area contributed by atoms with E-state index < -0.39 is 58.2 Å². The molecular weight excluding hydrogens is 379 g/mol. The number of benzene rings is 1. The fourth-order valence-electron chi connectivity index (χ4n) is 4.92. The van der Waals surface area contributed by atoms with Gasteiger partial charge in [-0.3, -0.25) is 9.59 Å². The lowest BCUT2D eigenvalue weighted by atomic mass is 9.67. The maximum atomic E-state index is 13.3. The minimum absolute atomic E-state index is 0.155. The molecule has 0 aromatic heterocycles. The van der Waals surface area contributed by atoms with E-state index >= 15 is 0 Å². The number of fused-ring (bicyclic) bond motifs is 5. The molecule has 2 bridgehead atoms. The summed E-state index contributed by atoms with van der Waals surface area (Å²) in [6.45, 7) is 3.14. The topological polar surface area (TPSA) is 99.8 Å². The number of hydrogen-bond donors (Lipinski definition) is 0. The van der Waals surface area contributed by atoms with Crippen molar-refractivity contribution >= 4 is 17.5 Å². The van der Waals surface area contributed by atoms with Gasteiger partial charge in [-0.2, -0.15) is 23.3 Å². The van der Waals surface area contributed by atoms with E-state index in [1.807, 2.05) is 0 Å². The Bertz CT molecular complexity index is 972. The van der Waals surface area contributed by atoms with Crippen LogP contribution in [0, 0.1) is 28.1 Å². The maximum absolute atomic E-state index is 13.3. The Morgan fingerprint density at radius 2 is 1.89 bits per heavy atom. The lowest BCUT2D eigenvalue weighted by molar-refractivity contribution is -0.138. The van der Waals surface area contributed by atoms with Crippen molar-refractivity contribution in [1.29, 1.82) is 5.26 Å². The average Bonchev–Trinajstić information content (AvgIpc) is 3.14. The maximum Gasteiger partial charge on any atom is 0.417 e. The molecule has 3 aliphatic heterocycles. The van der Waals surface area contributed by atoms with Crippen molar-refractivity contribution in [3.63, 3.8) is 0 Å². The number of ether oxygens (including phenoxy) is 1.